The third-order valence-electron chi connectivity index (χ3n) is 5.13. The minimum absolute atomic E-state index is 0.0162. The van der Waals surface area contributed by atoms with E-state index in [1.807, 2.05) is 6.92 Å². The minimum Gasteiger partial charge on any atom is -0.383 e. The number of fused-ring (bicyclic) bond motifs is 1. The molecule has 0 fully saturated rings. The molecule has 0 saturated heterocycles. The molecule has 0 bridgehead atoms. The number of amides is 1. The topological polar surface area (TPSA) is 133 Å². The van der Waals surface area contributed by atoms with Gasteiger partial charge in [-0.1, -0.05) is 6.92 Å². The Labute approximate surface area is 184 Å². The van der Waals surface area contributed by atoms with E-state index in [-0.39, 0.29) is 29.3 Å². The van der Waals surface area contributed by atoms with E-state index in [9.17, 15) is 13.6 Å². The van der Waals surface area contributed by atoms with Gasteiger partial charge in [0.2, 0.25) is 0 Å². The molecule has 0 radical (unpaired) electrons. The van der Waals surface area contributed by atoms with Gasteiger partial charge in [0.25, 0.3) is 5.91 Å². The predicted octanol–water partition coefficient (Wildman–Crippen LogP) is 2.74. The van der Waals surface area contributed by atoms with E-state index in [0.717, 1.165) is 6.07 Å². The molecule has 9 nitrogen and oxygen atoms in total. The highest BCUT2D eigenvalue weighted by Crippen LogP contribution is 2.30. The molecule has 0 aliphatic heterocycles. The van der Waals surface area contributed by atoms with Crippen LogP contribution in [0.4, 0.5) is 26.1 Å². The molecule has 1 aromatic carbocycles. The van der Waals surface area contributed by atoms with Crippen LogP contribution in [0.1, 0.15) is 30.6 Å². The van der Waals surface area contributed by atoms with Crippen LogP contribution in [0, 0.1) is 11.6 Å². The van der Waals surface area contributed by atoms with Gasteiger partial charge in [-0.3, -0.25) is 9.48 Å². The number of hydrogen-bond acceptors (Lipinski definition) is 7. The maximum atomic E-state index is 14.6. The van der Waals surface area contributed by atoms with E-state index in [0.29, 0.717) is 36.2 Å². The lowest BCUT2D eigenvalue weighted by Crippen LogP contribution is -2.38. The number of pyridine rings is 1. The average molecular weight is 447 g/mol. The molecule has 3 rings (SSSR count). The Morgan fingerprint density at radius 1 is 1.28 bits per heavy atom. The highest BCUT2D eigenvalue weighted by molar-refractivity contribution is 6.00. The average Bonchev–Trinajstić information content (AvgIpc) is 3.14. The Hall–Kier alpha value is -3.31. The summed E-state index contributed by atoms with van der Waals surface area (Å²) in [7, 11) is 1.56. The molecule has 172 valence electrons. The maximum Gasteiger partial charge on any atom is 0.252 e. The van der Waals surface area contributed by atoms with Crippen LogP contribution in [0.15, 0.2) is 24.4 Å². The van der Waals surface area contributed by atoms with E-state index in [4.69, 9.17) is 16.2 Å². The largest absolute Gasteiger partial charge is 0.383 e. The fraction of sp³-hybridized carbons (Fsp3) is 0.381. The molecule has 2 aromatic heterocycles. The van der Waals surface area contributed by atoms with Gasteiger partial charge < -0.3 is 26.8 Å². The molecular formula is C21H27F2N7O2. The highest BCUT2D eigenvalue weighted by Gasteiger charge is 2.20. The summed E-state index contributed by atoms with van der Waals surface area (Å²) in [4.78, 5) is 16.2. The number of nitrogens with two attached hydrogens (primary N) is 2. The van der Waals surface area contributed by atoms with Crippen molar-refractivity contribution in [1.82, 2.24) is 14.8 Å². The summed E-state index contributed by atoms with van der Waals surface area (Å²) in [6.07, 6.45) is 2.19. The molecule has 2 heterocycles. The van der Waals surface area contributed by atoms with Crippen LogP contribution in [-0.2, 0) is 11.3 Å². The van der Waals surface area contributed by atoms with Crippen LogP contribution >= 0.6 is 0 Å². The van der Waals surface area contributed by atoms with Gasteiger partial charge in [0, 0.05) is 24.6 Å². The van der Waals surface area contributed by atoms with Gasteiger partial charge in [-0.05, 0) is 31.5 Å². The van der Waals surface area contributed by atoms with Gasteiger partial charge >= 0.3 is 0 Å². The van der Waals surface area contributed by atoms with Crippen molar-refractivity contribution in [3.05, 3.63) is 41.6 Å². The van der Waals surface area contributed by atoms with Gasteiger partial charge in [0.15, 0.2) is 11.6 Å². The first-order valence-electron chi connectivity index (χ1n) is 10.2. The zero-order valence-electron chi connectivity index (χ0n) is 18.2. The lowest BCUT2D eigenvalue weighted by molar-refractivity contribution is 0.100. The van der Waals surface area contributed by atoms with Gasteiger partial charge in [-0.25, -0.2) is 13.8 Å². The van der Waals surface area contributed by atoms with Crippen LogP contribution < -0.4 is 22.1 Å². The Morgan fingerprint density at radius 3 is 2.66 bits per heavy atom. The van der Waals surface area contributed by atoms with E-state index < -0.39 is 17.5 Å². The molecule has 2 atom stereocenters. The van der Waals surface area contributed by atoms with Crippen LogP contribution in [0.2, 0.25) is 0 Å². The van der Waals surface area contributed by atoms with Gasteiger partial charge in [-0.15, -0.1) is 0 Å². The molecule has 0 unspecified atom stereocenters. The monoisotopic (exact) mass is 447 g/mol. The summed E-state index contributed by atoms with van der Waals surface area (Å²) in [6, 6.07) is 3.06. The van der Waals surface area contributed by atoms with E-state index in [1.165, 1.54) is 12.1 Å². The smallest absolute Gasteiger partial charge is 0.252 e. The van der Waals surface area contributed by atoms with Crippen LogP contribution in [0.25, 0.3) is 10.9 Å². The summed E-state index contributed by atoms with van der Waals surface area (Å²) in [5, 5.41) is 10.7. The van der Waals surface area contributed by atoms with Crippen molar-refractivity contribution in [1.29, 1.82) is 0 Å². The fourth-order valence-corrected chi connectivity index (χ4v) is 3.38. The minimum atomic E-state index is -0.881. The maximum absolute atomic E-state index is 14.6. The molecule has 0 aliphatic rings. The molecule has 3 aromatic rings. The van der Waals surface area contributed by atoms with E-state index >= 15 is 0 Å². The number of hydrogen-bond donors (Lipinski definition) is 4. The summed E-state index contributed by atoms with van der Waals surface area (Å²) in [5.74, 6) is -2.26. The third-order valence-corrected chi connectivity index (χ3v) is 5.13. The first kappa shape index (κ1) is 23.4. The molecule has 32 heavy (non-hydrogen) atoms. The number of nitrogens with one attached hydrogen (secondary N) is 2. The Balaban J connectivity index is 2.05. The number of benzene rings is 1. The molecule has 11 heteroatoms. The number of anilines is 3. The Morgan fingerprint density at radius 2 is 2.03 bits per heavy atom. The van der Waals surface area contributed by atoms with E-state index in [1.54, 1.807) is 24.9 Å². The molecule has 0 saturated carbocycles. The lowest BCUT2D eigenvalue weighted by Gasteiger charge is -2.22. The molecule has 6 N–H and O–H groups in total. The third kappa shape index (κ3) is 4.94. The number of halogens is 2. The zero-order valence-corrected chi connectivity index (χ0v) is 18.2. The van der Waals surface area contributed by atoms with E-state index in [2.05, 4.69) is 20.7 Å². The first-order chi connectivity index (χ1) is 15.2. The molecule has 0 spiro atoms. The van der Waals surface area contributed by atoms with Crippen LogP contribution in [0.5, 0.6) is 0 Å². The van der Waals surface area contributed by atoms with Crippen molar-refractivity contribution in [2.24, 2.45) is 11.5 Å². The second-order valence-electron chi connectivity index (χ2n) is 7.47. The number of aromatic nitrogens is 3. The zero-order chi connectivity index (χ0) is 23.4. The van der Waals surface area contributed by atoms with Gasteiger partial charge in [0.1, 0.15) is 11.6 Å². The number of nitrogens with zero attached hydrogens (tertiary/aromatic N) is 3. The van der Waals surface area contributed by atoms with Crippen LogP contribution in [0.3, 0.4) is 0 Å². The van der Waals surface area contributed by atoms with Gasteiger partial charge in [-0.2, -0.15) is 5.10 Å². The summed E-state index contributed by atoms with van der Waals surface area (Å²) in [6.45, 7) is 4.52. The van der Waals surface area contributed by atoms with Crippen molar-refractivity contribution in [3.8, 4) is 0 Å². The lowest BCUT2D eigenvalue weighted by atomic mass is 10.1. The number of methoxy groups -OCH3 is 1. The second kappa shape index (κ2) is 9.88. The number of primary amides is 1. The molecule has 0 aliphatic carbocycles. The summed E-state index contributed by atoms with van der Waals surface area (Å²) in [5.41, 5.74) is 12.0. The SMILES string of the molecule is CC[C@@H](Nc1nc(Nc2cc(F)cc3c2cnn3CCOC)c(C(N)=O)cc1F)[C@H](C)N. The Bertz CT molecular complexity index is 1120. The van der Waals surface area contributed by atoms with Crippen molar-refractivity contribution >= 4 is 34.1 Å². The first-order valence-corrected chi connectivity index (χ1v) is 10.2. The molecular weight excluding hydrogens is 420 g/mol. The quantitative estimate of drug-likeness (QED) is 0.376. The number of rotatable bonds is 10. The summed E-state index contributed by atoms with van der Waals surface area (Å²) < 4.78 is 35.7. The highest BCUT2D eigenvalue weighted by atomic mass is 19.1. The number of ether oxygens (including phenoxy) is 1. The van der Waals surface area contributed by atoms with Crippen molar-refractivity contribution in [3.63, 3.8) is 0 Å². The normalized spacial score (nSPS) is 13.2. The second-order valence-corrected chi connectivity index (χ2v) is 7.47. The van der Waals surface area contributed by atoms with Crippen molar-refractivity contribution in [2.45, 2.75) is 38.9 Å². The predicted molar refractivity (Wildman–Crippen MR) is 119 cm³/mol. The van der Waals surface area contributed by atoms with Crippen molar-refractivity contribution < 1.29 is 18.3 Å². The summed E-state index contributed by atoms with van der Waals surface area (Å²) >= 11 is 0. The number of carbonyl (C=O) groups is 1. The Kier molecular flexibility index (Phi) is 7.21. The van der Waals surface area contributed by atoms with Crippen molar-refractivity contribution in [2.75, 3.05) is 24.4 Å². The number of carbonyl (C=O) groups excluding carboxylic acids is 1. The van der Waals surface area contributed by atoms with Crippen LogP contribution in [-0.4, -0.2) is 46.5 Å². The standard InChI is InChI=1S/C21H27F2N7O2/c1-4-16(11(2)24)27-21-15(23)9-13(19(25)31)20(29-21)28-17-7-12(22)8-18-14(17)10-26-30(18)5-6-32-3/h7-11,16H,4-6,24H2,1-3H3,(H2,25,31)(H2,27,28,29)/t11-,16+/m0/s1. The fourth-order valence-electron chi connectivity index (χ4n) is 3.38. The molecule has 1 amide bonds. The van der Waals surface area contributed by atoms with Gasteiger partial charge in [0.05, 0.1) is 36.1 Å².